The summed E-state index contributed by atoms with van der Waals surface area (Å²) in [6.45, 7) is 5.60. The van der Waals surface area contributed by atoms with E-state index in [2.05, 4.69) is 39.4 Å². The SMILES string of the molecule is C/C(=C\NC1CCc2ccc(CNC(=O)C3C=C(C(=O)NC4CC/C=C(\C)C(C(=O)O)C/C=C/4C)NN3)cc21)C(=O)C=O.CS. The Morgan fingerprint density at radius 1 is 1.07 bits per heavy atom. The minimum Gasteiger partial charge on any atom is -0.481 e. The summed E-state index contributed by atoms with van der Waals surface area (Å²) in [7, 11) is 0. The average molecular weight is 638 g/mol. The molecule has 1 aromatic carbocycles. The summed E-state index contributed by atoms with van der Waals surface area (Å²) < 4.78 is 0. The number of nitrogens with one attached hydrogen (secondary N) is 5. The van der Waals surface area contributed by atoms with Gasteiger partial charge in [0, 0.05) is 18.3 Å². The summed E-state index contributed by atoms with van der Waals surface area (Å²) in [4.78, 5) is 59.8. The zero-order chi connectivity index (χ0) is 33.1. The van der Waals surface area contributed by atoms with Crippen molar-refractivity contribution >= 4 is 42.5 Å². The minimum atomic E-state index is -0.859. The molecule has 0 saturated carbocycles. The normalized spacial score (nSPS) is 25.0. The first kappa shape index (κ1) is 35.3. The van der Waals surface area contributed by atoms with Crippen molar-refractivity contribution in [3.63, 3.8) is 0 Å². The number of fused-ring (bicyclic) bond motifs is 1. The van der Waals surface area contributed by atoms with Crippen molar-refractivity contribution in [1.29, 1.82) is 0 Å². The molecule has 0 saturated heterocycles. The lowest BCUT2D eigenvalue weighted by molar-refractivity contribution is -0.140. The zero-order valence-corrected chi connectivity index (χ0v) is 27.0. The van der Waals surface area contributed by atoms with Crippen molar-refractivity contribution in [2.75, 3.05) is 6.26 Å². The van der Waals surface area contributed by atoms with Gasteiger partial charge in [-0.25, -0.2) is 5.43 Å². The lowest BCUT2D eigenvalue weighted by Gasteiger charge is -2.19. The fourth-order valence-electron chi connectivity index (χ4n) is 5.50. The Hall–Kier alpha value is -4.16. The molecule has 0 bridgehead atoms. The molecule has 0 radical (unpaired) electrons. The minimum absolute atomic E-state index is 0.00379. The Morgan fingerprint density at radius 2 is 1.82 bits per heavy atom. The molecule has 4 atom stereocenters. The molecule has 1 aromatic rings. The van der Waals surface area contributed by atoms with E-state index in [1.54, 1.807) is 25.5 Å². The van der Waals surface area contributed by atoms with Gasteiger partial charge in [0.25, 0.3) is 5.91 Å². The van der Waals surface area contributed by atoms with E-state index in [0.717, 1.165) is 35.1 Å². The van der Waals surface area contributed by atoms with Gasteiger partial charge in [-0.15, -0.1) is 0 Å². The summed E-state index contributed by atoms with van der Waals surface area (Å²) in [6, 6.07) is 5.04. The fourth-order valence-corrected chi connectivity index (χ4v) is 5.50. The van der Waals surface area contributed by atoms with Gasteiger partial charge in [-0.2, -0.15) is 12.6 Å². The number of hydrogen-bond donors (Lipinski definition) is 7. The van der Waals surface area contributed by atoms with Crippen LogP contribution >= 0.6 is 12.6 Å². The van der Waals surface area contributed by atoms with E-state index in [1.165, 1.54) is 5.56 Å². The zero-order valence-electron chi connectivity index (χ0n) is 26.1. The lowest BCUT2D eigenvalue weighted by Crippen LogP contribution is -2.45. The maximum atomic E-state index is 13.0. The molecular formula is C33H43N5O6S. The number of aliphatic carboxylic acids is 1. The van der Waals surface area contributed by atoms with Crippen LogP contribution in [0.4, 0.5) is 0 Å². The second-order valence-electron chi connectivity index (χ2n) is 11.3. The van der Waals surface area contributed by atoms with Crippen molar-refractivity contribution in [3.05, 3.63) is 81.7 Å². The summed E-state index contributed by atoms with van der Waals surface area (Å²) in [5, 5.41) is 18.7. The molecule has 2 aliphatic carbocycles. The van der Waals surface area contributed by atoms with E-state index in [4.69, 9.17) is 0 Å². The number of allylic oxidation sites excluding steroid dienone is 3. The van der Waals surface area contributed by atoms with Gasteiger partial charge in [-0.05, 0) is 81.9 Å². The average Bonchev–Trinajstić information content (AvgIpc) is 3.70. The lowest BCUT2D eigenvalue weighted by atomic mass is 9.95. The first-order valence-electron chi connectivity index (χ1n) is 14.9. The number of rotatable bonds is 10. The number of Topliss-reactive ketones (excluding diaryl/α,β-unsaturated/α-hetero) is 1. The molecule has 242 valence electrons. The number of benzene rings is 1. The van der Waals surface area contributed by atoms with Crippen LogP contribution in [0.25, 0.3) is 0 Å². The van der Waals surface area contributed by atoms with E-state index < -0.39 is 23.7 Å². The van der Waals surface area contributed by atoms with Gasteiger partial charge >= 0.3 is 5.97 Å². The first-order valence-corrected chi connectivity index (χ1v) is 15.8. The second kappa shape index (κ2) is 16.8. The fraction of sp³-hybridized carbons (Fsp3) is 0.424. The number of thiol groups is 1. The van der Waals surface area contributed by atoms with Gasteiger partial charge < -0.3 is 26.5 Å². The van der Waals surface area contributed by atoms with Gasteiger partial charge in [0.2, 0.25) is 11.7 Å². The van der Waals surface area contributed by atoms with Crippen LogP contribution < -0.4 is 26.8 Å². The first-order chi connectivity index (χ1) is 21.6. The van der Waals surface area contributed by atoms with E-state index >= 15 is 0 Å². The molecule has 11 nitrogen and oxygen atoms in total. The Labute approximate surface area is 269 Å². The number of carboxylic acids is 1. The van der Waals surface area contributed by atoms with Crippen molar-refractivity contribution < 1.29 is 29.1 Å². The number of hydrazine groups is 1. The highest BCUT2D eigenvalue weighted by atomic mass is 32.1. The van der Waals surface area contributed by atoms with Crippen molar-refractivity contribution in [1.82, 2.24) is 26.8 Å². The van der Waals surface area contributed by atoms with Crippen molar-refractivity contribution in [2.24, 2.45) is 5.92 Å². The van der Waals surface area contributed by atoms with Gasteiger partial charge in [-0.3, -0.25) is 24.0 Å². The number of ketones is 1. The molecule has 45 heavy (non-hydrogen) atoms. The monoisotopic (exact) mass is 637 g/mol. The molecule has 4 rings (SSSR count). The maximum Gasteiger partial charge on any atom is 0.310 e. The van der Waals surface area contributed by atoms with E-state index in [-0.39, 0.29) is 29.6 Å². The Morgan fingerprint density at radius 3 is 2.53 bits per heavy atom. The number of amides is 2. The quantitative estimate of drug-likeness (QED) is 0.0672. The van der Waals surface area contributed by atoms with Crippen LogP contribution in [0.5, 0.6) is 0 Å². The number of aryl methyl sites for hydroxylation is 1. The second-order valence-corrected chi connectivity index (χ2v) is 11.3. The van der Waals surface area contributed by atoms with E-state index in [1.807, 2.05) is 44.2 Å². The van der Waals surface area contributed by atoms with Gasteiger partial charge in [0.05, 0.1) is 18.0 Å². The highest BCUT2D eigenvalue weighted by molar-refractivity contribution is 7.79. The molecule has 0 aromatic heterocycles. The molecule has 1 aliphatic heterocycles. The van der Waals surface area contributed by atoms with Crippen LogP contribution in [-0.2, 0) is 36.9 Å². The van der Waals surface area contributed by atoms with Crippen LogP contribution in [0.1, 0.15) is 69.2 Å². The topological polar surface area (TPSA) is 166 Å². The van der Waals surface area contributed by atoms with Crippen molar-refractivity contribution in [3.8, 4) is 0 Å². The predicted octanol–water partition coefficient (Wildman–Crippen LogP) is 2.72. The summed E-state index contributed by atoms with van der Waals surface area (Å²) in [5.41, 5.74) is 11.1. The summed E-state index contributed by atoms with van der Waals surface area (Å²) in [6.07, 6.45) is 12.3. The van der Waals surface area contributed by atoms with Crippen molar-refractivity contribution in [2.45, 2.75) is 77.5 Å². The van der Waals surface area contributed by atoms with E-state index in [0.29, 0.717) is 37.7 Å². The molecule has 2 amide bonds. The van der Waals surface area contributed by atoms with Crippen LogP contribution in [-0.4, -0.2) is 53.3 Å². The highest BCUT2D eigenvalue weighted by Crippen LogP contribution is 2.32. The third kappa shape index (κ3) is 9.41. The number of aldehydes is 1. The standard InChI is InChI=1S/C32H39N5O6.CH4S/c1-18-5-4-6-25(19(2)7-11-23(18)32(42)43)35-31(41)28-14-27(36-37-28)30(40)34-16-21-8-9-22-10-12-26(24(22)13-21)33-15-20(3)29(39)17-38;1-2/h5,7-9,13-15,17,23,25-27,33,36-37H,4,6,10-12,16H2,1-3H3,(H,34,40)(H,35,41)(H,42,43);2H,1H3/b18-5+,19-7+,20-15+;. The largest absolute Gasteiger partial charge is 0.481 e. The number of carboxylic acid groups (broad SMARTS) is 1. The van der Waals surface area contributed by atoms with Gasteiger partial charge in [-0.1, -0.05) is 41.5 Å². The molecule has 0 fully saturated rings. The van der Waals surface area contributed by atoms with Gasteiger partial charge in [0.15, 0.2) is 6.29 Å². The molecule has 12 heteroatoms. The molecule has 3 aliphatic rings. The Balaban J connectivity index is 0.00000271. The van der Waals surface area contributed by atoms with Crippen LogP contribution in [0.15, 0.2) is 65.0 Å². The third-order valence-electron chi connectivity index (χ3n) is 8.27. The van der Waals surface area contributed by atoms with Crippen LogP contribution in [0, 0.1) is 5.92 Å². The van der Waals surface area contributed by atoms with Crippen LogP contribution in [0.2, 0.25) is 0 Å². The van der Waals surface area contributed by atoms with Crippen LogP contribution in [0.3, 0.4) is 0 Å². The van der Waals surface area contributed by atoms with Gasteiger partial charge in [0.1, 0.15) is 11.7 Å². The number of carbonyl (C=O) groups excluding carboxylic acids is 4. The Bertz CT molecular complexity index is 1430. The summed E-state index contributed by atoms with van der Waals surface area (Å²) >= 11 is 3.53. The Kier molecular flexibility index (Phi) is 13.2. The smallest absolute Gasteiger partial charge is 0.310 e. The summed E-state index contributed by atoms with van der Waals surface area (Å²) in [5.74, 6) is -2.64. The predicted molar refractivity (Wildman–Crippen MR) is 175 cm³/mol. The molecule has 4 unspecified atom stereocenters. The highest BCUT2D eigenvalue weighted by Gasteiger charge is 2.28. The molecular weight excluding hydrogens is 594 g/mol. The molecule has 0 spiro atoms. The third-order valence-corrected chi connectivity index (χ3v) is 8.27. The number of hydrogen-bond acceptors (Lipinski definition) is 9. The maximum absolute atomic E-state index is 13.0. The molecule has 1 heterocycles. The number of carbonyl (C=O) groups is 5. The van der Waals surface area contributed by atoms with E-state index in [9.17, 15) is 29.1 Å². The molecule has 6 N–H and O–H groups in total.